The first-order chi connectivity index (χ1) is 7.74. The molecular formula is C13H13NO2. The number of rotatable bonds is 2. The third kappa shape index (κ3) is 1.79. The van der Waals surface area contributed by atoms with E-state index < -0.39 is 0 Å². The molecule has 0 aromatic heterocycles. The van der Waals surface area contributed by atoms with Crippen molar-refractivity contribution in [1.29, 1.82) is 5.26 Å². The highest BCUT2D eigenvalue weighted by Gasteiger charge is 2.28. The molecule has 1 aliphatic heterocycles. The Morgan fingerprint density at radius 1 is 1.56 bits per heavy atom. The average Bonchev–Trinajstić information content (AvgIpc) is 2.29. The number of para-hydroxylation sites is 1. The Morgan fingerprint density at radius 3 is 3.12 bits per heavy atom. The van der Waals surface area contributed by atoms with E-state index >= 15 is 0 Å². The van der Waals surface area contributed by atoms with Gasteiger partial charge in [0, 0.05) is 6.42 Å². The Kier molecular flexibility index (Phi) is 2.91. The first-order valence-electron chi connectivity index (χ1n) is 5.37. The van der Waals surface area contributed by atoms with Crippen molar-refractivity contribution in [2.24, 2.45) is 5.92 Å². The van der Waals surface area contributed by atoms with Crippen LogP contribution in [0.3, 0.4) is 0 Å². The highest BCUT2D eigenvalue weighted by Crippen LogP contribution is 2.31. The number of benzene rings is 1. The molecule has 0 radical (unpaired) electrons. The lowest BCUT2D eigenvalue weighted by atomic mass is 9.90. The lowest BCUT2D eigenvalue weighted by Crippen LogP contribution is -2.28. The van der Waals surface area contributed by atoms with E-state index in [1.165, 1.54) is 0 Å². The fraction of sp³-hybridized carbons (Fsp3) is 0.385. The molecule has 2 rings (SSSR count). The first-order valence-corrected chi connectivity index (χ1v) is 5.37. The minimum absolute atomic E-state index is 0.111. The van der Waals surface area contributed by atoms with E-state index in [1.54, 1.807) is 6.07 Å². The molecule has 0 amide bonds. The molecule has 1 unspecified atom stereocenters. The van der Waals surface area contributed by atoms with Crippen molar-refractivity contribution in [1.82, 2.24) is 0 Å². The summed E-state index contributed by atoms with van der Waals surface area (Å²) in [6.45, 7) is 2.33. The number of fused-ring (bicyclic) bond motifs is 1. The third-order valence-electron chi connectivity index (χ3n) is 2.88. The van der Waals surface area contributed by atoms with Crippen LogP contribution in [0.2, 0.25) is 0 Å². The zero-order chi connectivity index (χ0) is 11.5. The standard InChI is InChI=1S/C13H13NO2/c1-9-4-2-6-11-12(15)10(5-3-7-14)8-16-13(9)11/h2,4,6,10H,3,5,8H2,1H3. The van der Waals surface area contributed by atoms with Crippen molar-refractivity contribution < 1.29 is 9.53 Å². The maximum atomic E-state index is 12.1. The summed E-state index contributed by atoms with van der Waals surface area (Å²) in [4.78, 5) is 12.1. The van der Waals surface area contributed by atoms with Gasteiger partial charge in [0.05, 0.1) is 24.2 Å². The van der Waals surface area contributed by atoms with Crippen molar-refractivity contribution in [3.8, 4) is 11.8 Å². The van der Waals surface area contributed by atoms with E-state index in [0.717, 1.165) is 5.56 Å². The minimum Gasteiger partial charge on any atom is -0.492 e. The Bertz CT molecular complexity index is 459. The van der Waals surface area contributed by atoms with Gasteiger partial charge in [0.15, 0.2) is 5.78 Å². The van der Waals surface area contributed by atoms with Crippen LogP contribution < -0.4 is 4.74 Å². The maximum absolute atomic E-state index is 12.1. The van der Waals surface area contributed by atoms with Crippen LogP contribution in [0.5, 0.6) is 5.75 Å². The SMILES string of the molecule is Cc1cccc2c1OCC(CCC#N)C2=O. The van der Waals surface area contributed by atoms with Gasteiger partial charge < -0.3 is 4.74 Å². The Morgan fingerprint density at radius 2 is 2.38 bits per heavy atom. The Balaban J connectivity index is 2.26. The highest BCUT2D eigenvalue weighted by molar-refractivity contribution is 6.01. The van der Waals surface area contributed by atoms with Gasteiger partial charge in [-0.15, -0.1) is 0 Å². The van der Waals surface area contributed by atoms with Crippen LogP contribution in [0.4, 0.5) is 0 Å². The number of ketones is 1. The van der Waals surface area contributed by atoms with Crippen LogP contribution in [0.15, 0.2) is 18.2 Å². The number of hydrogen-bond donors (Lipinski definition) is 0. The Labute approximate surface area is 94.6 Å². The molecule has 0 bridgehead atoms. The van der Waals surface area contributed by atoms with Gasteiger partial charge in [-0.3, -0.25) is 4.79 Å². The molecule has 1 aromatic rings. The largest absolute Gasteiger partial charge is 0.492 e. The number of carbonyl (C=O) groups excluding carboxylic acids is 1. The van der Waals surface area contributed by atoms with Crippen molar-refractivity contribution in [2.45, 2.75) is 19.8 Å². The number of carbonyl (C=O) groups is 1. The number of ether oxygens (including phenoxy) is 1. The molecule has 0 fully saturated rings. The molecule has 0 aliphatic carbocycles. The molecule has 16 heavy (non-hydrogen) atoms. The zero-order valence-corrected chi connectivity index (χ0v) is 9.19. The van der Waals surface area contributed by atoms with Gasteiger partial charge >= 0.3 is 0 Å². The summed E-state index contributed by atoms with van der Waals surface area (Å²) in [6.07, 6.45) is 0.990. The molecule has 82 valence electrons. The van der Waals surface area contributed by atoms with Crippen molar-refractivity contribution in [3.05, 3.63) is 29.3 Å². The highest BCUT2D eigenvalue weighted by atomic mass is 16.5. The van der Waals surface area contributed by atoms with E-state index in [0.29, 0.717) is 30.8 Å². The van der Waals surface area contributed by atoms with Crippen LogP contribution in [0, 0.1) is 24.2 Å². The fourth-order valence-electron chi connectivity index (χ4n) is 1.97. The summed E-state index contributed by atoms with van der Waals surface area (Å²) in [6, 6.07) is 7.65. The van der Waals surface area contributed by atoms with E-state index in [2.05, 4.69) is 6.07 Å². The second-order valence-electron chi connectivity index (χ2n) is 4.02. The quantitative estimate of drug-likeness (QED) is 0.761. The zero-order valence-electron chi connectivity index (χ0n) is 9.19. The molecule has 0 N–H and O–H groups in total. The molecule has 3 nitrogen and oxygen atoms in total. The average molecular weight is 215 g/mol. The van der Waals surface area contributed by atoms with Gasteiger partial charge in [0.1, 0.15) is 5.75 Å². The number of nitriles is 1. The van der Waals surface area contributed by atoms with E-state index in [9.17, 15) is 4.79 Å². The van der Waals surface area contributed by atoms with Gasteiger partial charge in [-0.05, 0) is 25.0 Å². The number of hydrogen-bond acceptors (Lipinski definition) is 3. The van der Waals surface area contributed by atoms with Gasteiger partial charge in [-0.25, -0.2) is 0 Å². The molecule has 1 aromatic carbocycles. The monoisotopic (exact) mass is 215 g/mol. The summed E-state index contributed by atoms with van der Waals surface area (Å²) >= 11 is 0. The topological polar surface area (TPSA) is 50.1 Å². The summed E-state index contributed by atoms with van der Waals surface area (Å²) in [5.74, 6) is 0.662. The molecule has 0 saturated heterocycles. The van der Waals surface area contributed by atoms with E-state index in [-0.39, 0.29) is 11.7 Å². The van der Waals surface area contributed by atoms with Crippen molar-refractivity contribution in [3.63, 3.8) is 0 Å². The normalized spacial score (nSPS) is 18.5. The van der Waals surface area contributed by atoms with Crippen molar-refractivity contribution >= 4 is 5.78 Å². The minimum atomic E-state index is -0.158. The van der Waals surface area contributed by atoms with Crippen LogP contribution in [-0.2, 0) is 0 Å². The van der Waals surface area contributed by atoms with Gasteiger partial charge in [0.25, 0.3) is 0 Å². The van der Waals surface area contributed by atoms with Crippen LogP contribution in [0.25, 0.3) is 0 Å². The van der Waals surface area contributed by atoms with Gasteiger partial charge in [-0.1, -0.05) is 12.1 Å². The predicted molar refractivity (Wildman–Crippen MR) is 59.3 cm³/mol. The van der Waals surface area contributed by atoms with Gasteiger partial charge in [-0.2, -0.15) is 5.26 Å². The van der Waals surface area contributed by atoms with Crippen LogP contribution in [0.1, 0.15) is 28.8 Å². The fourth-order valence-corrected chi connectivity index (χ4v) is 1.97. The predicted octanol–water partition coefficient (Wildman–Crippen LogP) is 2.49. The third-order valence-corrected chi connectivity index (χ3v) is 2.88. The molecule has 1 atom stereocenters. The summed E-state index contributed by atoms with van der Waals surface area (Å²) in [5.41, 5.74) is 1.65. The smallest absolute Gasteiger partial charge is 0.173 e. The maximum Gasteiger partial charge on any atom is 0.173 e. The first kappa shape index (κ1) is 10.7. The number of Topliss-reactive ketones (excluding diaryl/α,β-unsaturated/α-hetero) is 1. The van der Waals surface area contributed by atoms with E-state index in [4.69, 9.17) is 10.00 Å². The number of aryl methyl sites for hydroxylation is 1. The van der Waals surface area contributed by atoms with E-state index in [1.807, 2.05) is 19.1 Å². The molecule has 1 heterocycles. The Hall–Kier alpha value is -1.82. The second-order valence-corrected chi connectivity index (χ2v) is 4.02. The lowest BCUT2D eigenvalue weighted by Gasteiger charge is -2.24. The number of nitrogens with zero attached hydrogens (tertiary/aromatic N) is 1. The molecular weight excluding hydrogens is 202 g/mol. The van der Waals surface area contributed by atoms with Gasteiger partial charge in [0.2, 0.25) is 0 Å². The molecule has 0 spiro atoms. The summed E-state index contributed by atoms with van der Waals surface area (Å²) in [5, 5.41) is 8.52. The van der Waals surface area contributed by atoms with Crippen molar-refractivity contribution in [2.75, 3.05) is 6.61 Å². The molecule has 0 saturated carbocycles. The molecule has 1 aliphatic rings. The molecule has 3 heteroatoms. The second kappa shape index (κ2) is 4.36. The van der Waals surface area contributed by atoms with Crippen LogP contribution in [-0.4, -0.2) is 12.4 Å². The summed E-state index contributed by atoms with van der Waals surface area (Å²) in [7, 11) is 0. The lowest BCUT2D eigenvalue weighted by molar-refractivity contribution is 0.0821. The van der Waals surface area contributed by atoms with Crippen LogP contribution >= 0.6 is 0 Å². The summed E-state index contributed by atoms with van der Waals surface area (Å²) < 4.78 is 5.60.